The molecule has 1 heterocycles. The third-order valence-electron chi connectivity index (χ3n) is 2.66. The topological polar surface area (TPSA) is 91.2 Å². The smallest absolute Gasteiger partial charge is 0.250 e. The molecule has 0 spiro atoms. The van der Waals surface area contributed by atoms with Gasteiger partial charge in [-0.1, -0.05) is 6.07 Å². The third kappa shape index (κ3) is 4.33. The van der Waals surface area contributed by atoms with Crippen molar-refractivity contribution >= 4 is 11.6 Å². The minimum absolute atomic E-state index is 0.0164. The predicted molar refractivity (Wildman–Crippen MR) is 75.2 cm³/mol. The summed E-state index contributed by atoms with van der Waals surface area (Å²) in [5.74, 6) is 0.443. The summed E-state index contributed by atoms with van der Waals surface area (Å²) in [6, 6.07) is 7.25. The molecule has 0 radical (unpaired) electrons. The van der Waals surface area contributed by atoms with Crippen molar-refractivity contribution < 1.29 is 14.3 Å². The van der Waals surface area contributed by atoms with Crippen LogP contribution in [0.25, 0.3) is 5.69 Å². The molecule has 1 aromatic heterocycles. The van der Waals surface area contributed by atoms with Gasteiger partial charge in [0, 0.05) is 12.8 Å². The molecule has 112 valence electrons. The first-order chi connectivity index (χ1) is 10.2. The van der Waals surface area contributed by atoms with Crippen LogP contribution in [0.1, 0.15) is 5.82 Å². The van der Waals surface area contributed by atoms with Crippen molar-refractivity contribution in [2.75, 3.05) is 32.2 Å². The number of benzene rings is 1. The van der Waals surface area contributed by atoms with Crippen LogP contribution in [0.3, 0.4) is 0 Å². The second-order valence-corrected chi connectivity index (χ2v) is 4.28. The zero-order chi connectivity index (χ0) is 15.1. The number of rotatable bonds is 7. The van der Waals surface area contributed by atoms with Crippen molar-refractivity contribution in [3.8, 4) is 5.69 Å². The molecule has 0 saturated heterocycles. The van der Waals surface area contributed by atoms with E-state index in [1.807, 2.05) is 12.1 Å². The minimum atomic E-state index is -0.225. The highest BCUT2D eigenvalue weighted by molar-refractivity contribution is 5.91. The van der Waals surface area contributed by atoms with E-state index in [-0.39, 0.29) is 12.5 Å². The number of ether oxygens (including phenoxy) is 2. The monoisotopic (exact) mass is 291 g/mol. The van der Waals surface area contributed by atoms with Crippen molar-refractivity contribution in [3.05, 3.63) is 30.1 Å². The summed E-state index contributed by atoms with van der Waals surface area (Å²) < 4.78 is 11.6. The van der Waals surface area contributed by atoms with E-state index in [4.69, 9.17) is 9.47 Å². The van der Waals surface area contributed by atoms with Gasteiger partial charge < -0.3 is 14.8 Å². The van der Waals surface area contributed by atoms with Crippen LogP contribution in [0.5, 0.6) is 0 Å². The fourth-order valence-electron chi connectivity index (χ4n) is 1.69. The average Bonchev–Trinajstić information content (AvgIpc) is 2.90. The molecule has 0 aliphatic heterocycles. The molecule has 0 saturated carbocycles. The first-order valence-corrected chi connectivity index (χ1v) is 6.42. The van der Waals surface area contributed by atoms with Gasteiger partial charge in [-0.15, -0.1) is 5.10 Å². The van der Waals surface area contributed by atoms with Crippen molar-refractivity contribution in [2.45, 2.75) is 6.92 Å². The summed E-state index contributed by atoms with van der Waals surface area (Å²) in [5, 5.41) is 14.0. The van der Waals surface area contributed by atoms with Crippen LogP contribution in [0, 0.1) is 6.92 Å². The number of hydrogen-bond donors (Lipinski definition) is 1. The maximum absolute atomic E-state index is 11.7. The van der Waals surface area contributed by atoms with Crippen LogP contribution in [-0.4, -0.2) is 53.0 Å². The Kier molecular flexibility index (Phi) is 5.35. The molecule has 0 atom stereocenters. The van der Waals surface area contributed by atoms with Crippen LogP contribution in [-0.2, 0) is 14.3 Å². The van der Waals surface area contributed by atoms with Crippen molar-refractivity contribution in [1.29, 1.82) is 0 Å². The SMILES string of the molecule is COCCOCC(=O)Nc1cccc(-n2nnnc2C)c1. The van der Waals surface area contributed by atoms with Crippen molar-refractivity contribution in [3.63, 3.8) is 0 Å². The van der Waals surface area contributed by atoms with Gasteiger partial charge in [-0.3, -0.25) is 4.79 Å². The van der Waals surface area contributed by atoms with Gasteiger partial charge in [0.25, 0.3) is 0 Å². The zero-order valence-corrected chi connectivity index (χ0v) is 11.9. The van der Waals surface area contributed by atoms with Crippen LogP contribution in [0.4, 0.5) is 5.69 Å². The lowest BCUT2D eigenvalue weighted by Crippen LogP contribution is -2.19. The summed E-state index contributed by atoms with van der Waals surface area (Å²) in [7, 11) is 1.58. The Bertz CT molecular complexity index is 599. The summed E-state index contributed by atoms with van der Waals surface area (Å²) in [5.41, 5.74) is 1.43. The minimum Gasteiger partial charge on any atom is -0.382 e. The number of hydrogen-bond acceptors (Lipinski definition) is 6. The quantitative estimate of drug-likeness (QED) is 0.750. The Morgan fingerprint density at radius 1 is 1.38 bits per heavy atom. The number of carbonyl (C=O) groups is 1. The Morgan fingerprint density at radius 2 is 2.24 bits per heavy atom. The largest absolute Gasteiger partial charge is 0.382 e. The van der Waals surface area contributed by atoms with Crippen molar-refractivity contribution in [1.82, 2.24) is 20.2 Å². The van der Waals surface area contributed by atoms with Gasteiger partial charge in [-0.05, 0) is 35.5 Å². The maximum Gasteiger partial charge on any atom is 0.250 e. The Labute approximate surface area is 122 Å². The number of methoxy groups -OCH3 is 1. The molecule has 1 aromatic carbocycles. The molecule has 0 fully saturated rings. The van der Waals surface area contributed by atoms with Gasteiger partial charge in [-0.25, -0.2) is 0 Å². The van der Waals surface area contributed by atoms with E-state index in [1.165, 1.54) is 0 Å². The Hall–Kier alpha value is -2.32. The van der Waals surface area contributed by atoms with E-state index < -0.39 is 0 Å². The van der Waals surface area contributed by atoms with Gasteiger partial charge in [0.15, 0.2) is 5.82 Å². The van der Waals surface area contributed by atoms with Crippen LogP contribution >= 0.6 is 0 Å². The number of tetrazole rings is 1. The Morgan fingerprint density at radius 3 is 2.95 bits per heavy atom. The highest BCUT2D eigenvalue weighted by Crippen LogP contribution is 2.14. The summed E-state index contributed by atoms with van der Waals surface area (Å²) in [6.45, 7) is 2.63. The number of anilines is 1. The summed E-state index contributed by atoms with van der Waals surface area (Å²) >= 11 is 0. The van der Waals surface area contributed by atoms with Gasteiger partial charge in [-0.2, -0.15) is 4.68 Å². The summed E-state index contributed by atoms with van der Waals surface area (Å²) in [6.07, 6.45) is 0. The average molecular weight is 291 g/mol. The number of nitrogens with zero attached hydrogens (tertiary/aromatic N) is 4. The molecule has 2 rings (SSSR count). The molecule has 21 heavy (non-hydrogen) atoms. The molecule has 1 N–H and O–H groups in total. The first kappa shape index (κ1) is 15.1. The van der Waals surface area contributed by atoms with Gasteiger partial charge in [0.1, 0.15) is 6.61 Å². The number of amides is 1. The highest BCUT2D eigenvalue weighted by Gasteiger charge is 2.06. The molecular formula is C13H17N5O3. The van der Waals surface area contributed by atoms with Gasteiger partial charge >= 0.3 is 0 Å². The van der Waals surface area contributed by atoms with E-state index in [1.54, 1.807) is 30.8 Å². The summed E-state index contributed by atoms with van der Waals surface area (Å²) in [4.78, 5) is 11.7. The van der Waals surface area contributed by atoms with E-state index in [2.05, 4.69) is 20.8 Å². The van der Waals surface area contributed by atoms with Crippen molar-refractivity contribution in [2.24, 2.45) is 0 Å². The van der Waals surface area contributed by atoms with E-state index in [9.17, 15) is 4.79 Å². The Balaban J connectivity index is 1.95. The fourth-order valence-corrected chi connectivity index (χ4v) is 1.69. The molecular weight excluding hydrogens is 274 g/mol. The molecule has 0 aliphatic rings. The highest BCUT2D eigenvalue weighted by atomic mass is 16.5. The molecule has 0 unspecified atom stereocenters. The second-order valence-electron chi connectivity index (χ2n) is 4.28. The normalized spacial score (nSPS) is 10.6. The van der Waals surface area contributed by atoms with Gasteiger partial charge in [0.2, 0.25) is 5.91 Å². The second kappa shape index (κ2) is 7.46. The maximum atomic E-state index is 11.7. The molecule has 8 heteroatoms. The van der Waals surface area contributed by atoms with E-state index in [0.29, 0.717) is 24.7 Å². The first-order valence-electron chi connectivity index (χ1n) is 6.42. The number of aromatic nitrogens is 4. The number of nitrogens with one attached hydrogen (secondary N) is 1. The van der Waals surface area contributed by atoms with Gasteiger partial charge in [0.05, 0.1) is 18.9 Å². The molecule has 0 aliphatic carbocycles. The molecule has 0 bridgehead atoms. The lowest BCUT2D eigenvalue weighted by Gasteiger charge is -2.08. The standard InChI is InChI=1S/C13H17N5O3/c1-10-15-16-17-18(10)12-5-3-4-11(8-12)14-13(19)9-21-7-6-20-2/h3-5,8H,6-7,9H2,1-2H3,(H,14,19). The number of aryl methyl sites for hydroxylation is 1. The predicted octanol–water partition coefficient (Wildman–Crippen LogP) is 0.572. The van der Waals surface area contributed by atoms with Crippen LogP contribution in [0.2, 0.25) is 0 Å². The van der Waals surface area contributed by atoms with Crippen LogP contribution in [0.15, 0.2) is 24.3 Å². The lowest BCUT2D eigenvalue weighted by atomic mass is 10.2. The van der Waals surface area contributed by atoms with Crippen LogP contribution < -0.4 is 5.32 Å². The molecule has 1 amide bonds. The third-order valence-corrected chi connectivity index (χ3v) is 2.66. The van der Waals surface area contributed by atoms with E-state index >= 15 is 0 Å². The number of carbonyl (C=O) groups excluding carboxylic acids is 1. The lowest BCUT2D eigenvalue weighted by molar-refractivity contribution is -0.121. The fraction of sp³-hybridized carbons (Fsp3) is 0.385. The molecule has 8 nitrogen and oxygen atoms in total. The zero-order valence-electron chi connectivity index (χ0n) is 11.9. The van der Waals surface area contributed by atoms with E-state index in [0.717, 1.165) is 5.69 Å². The molecule has 2 aromatic rings.